The highest BCUT2D eigenvalue weighted by molar-refractivity contribution is 5.95. The number of hydrogen-bond donors (Lipinski definition) is 1. The van der Waals surface area contributed by atoms with Crippen LogP contribution in [-0.2, 0) is 15.8 Å². The maximum absolute atomic E-state index is 12.0. The summed E-state index contributed by atoms with van der Waals surface area (Å²) in [6, 6.07) is 11.1. The Hall–Kier alpha value is -2.96. The Labute approximate surface area is 182 Å². The number of benzene rings is 2. The van der Waals surface area contributed by atoms with Crippen molar-refractivity contribution in [1.82, 2.24) is 5.32 Å². The molecule has 0 radical (unpaired) electrons. The van der Waals surface area contributed by atoms with E-state index >= 15 is 0 Å². The number of alkyl halides is 3. The quantitative estimate of drug-likeness (QED) is 0.651. The molecule has 4 nitrogen and oxygen atoms in total. The van der Waals surface area contributed by atoms with Gasteiger partial charge in [-0.1, -0.05) is 62.2 Å². The lowest BCUT2D eigenvalue weighted by atomic mass is 9.96. The maximum Gasteiger partial charge on any atom is 0.416 e. The van der Waals surface area contributed by atoms with Crippen LogP contribution in [-0.4, -0.2) is 26.0 Å². The topological polar surface area (TPSA) is 63.2 Å². The van der Waals surface area contributed by atoms with Crippen molar-refractivity contribution in [2.75, 3.05) is 6.54 Å². The van der Waals surface area contributed by atoms with Gasteiger partial charge in [0.15, 0.2) is 0 Å². The van der Waals surface area contributed by atoms with Crippen molar-refractivity contribution in [3.8, 4) is 0 Å². The SMILES string of the molecule is C=O.C=O.Cc1ccc(C(=O)NCC(C)(C)C)c(C)c1.Cc1cccc(C(F)(F)F)c1. The molecule has 0 unspecified atom stereocenters. The highest BCUT2D eigenvalue weighted by atomic mass is 19.4. The molecule has 0 atom stereocenters. The molecule has 0 aliphatic heterocycles. The third-order valence-corrected chi connectivity index (χ3v) is 3.75. The van der Waals surface area contributed by atoms with Gasteiger partial charge in [0.2, 0.25) is 0 Å². The van der Waals surface area contributed by atoms with Crippen LogP contribution in [0.5, 0.6) is 0 Å². The average molecular weight is 440 g/mol. The van der Waals surface area contributed by atoms with Crippen LogP contribution in [0.25, 0.3) is 0 Å². The molecule has 0 aromatic heterocycles. The van der Waals surface area contributed by atoms with Crippen molar-refractivity contribution in [3.05, 3.63) is 70.3 Å². The summed E-state index contributed by atoms with van der Waals surface area (Å²) >= 11 is 0. The van der Waals surface area contributed by atoms with E-state index in [0.717, 1.165) is 23.3 Å². The monoisotopic (exact) mass is 439 g/mol. The summed E-state index contributed by atoms with van der Waals surface area (Å²) in [7, 11) is 0. The van der Waals surface area contributed by atoms with Gasteiger partial charge < -0.3 is 14.9 Å². The van der Waals surface area contributed by atoms with Gasteiger partial charge in [-0.05, 0) is 43.9 Å². The number of carbonyl (C=O) groups is 3. The molecule has 172 valence electrons. The fourth-order valence-electron chi connectivity index (χ4n) is 2.33. The molecule has 1 amide bonds. The van der Waals surface area contributed by atoms with E-state index in [-0.39, 0.29) is 11.3 Å². The molecule has 0 aliphatic rings. The van der Waals surface area contributed by atoms with Crippen molar-refractivity contribution in [1.29, 1.82) is 0 Å². The molecule has 1 N–H and O–H groups in total. The molecule has 0 heterocycles. The second-order valence-corrected chi connectivity index (χ2v) is 7.93. The molecule has 2 rings (SSSR count). The van der Waals surface area contributed by atoms with Gasteiger partial charge in [-0.2, -0.15) is 13.2 Å². The average Bonchev–Trinajstić information content (AvgIpc) is 2.68. The Bertz CT molecular complexity index is 810. The van der Waals surface area contributed by atoms with Crippen molar-refractivity contribution < 1.29 is 27.6 Å². The van der Waals surface area contributed by atoms with Crippen LogP contribution in [0.2, 0.25) is 0 Å². The van der Waals surface area contributed by atoms with E-state index in [4.69, 9.17) is 9.59 Å². The van der Waals surface area contributed by atoms with E-state index in [0.29, 0.717) is 12.1 Å². The molecule has 0 saturated carbocycles. The van der Waals surface area contributed by atoms with E-state index in [9.17, 15) is 18.0 Å². The zero-order valence-corrected chi connectivity index (χ0v) is 19.0. The van der Waals surface area contributed by atoms with Crippen LogP contribution < -0.4 is 5.32 Å². The first-order valence-electron chi connectivity index (χ1n) is 9.36. The van der Waals surface area contributed by atoms with E-state index < -0.39 is 11.7 Å². The number of amides is 1. The first-order valence-corrected chi connectivity index (χ1v) is 9.36. The molecular weight excluding hydrogens is 407 g/mol. The number of aryl methyl sites for hydroxylation is 3. The summed E-state index contributed by atoms with van der Waals surface area (Å²) in [5, 5.41) is 2.96. The predicted molar refractivity (Wildman–Crippen MR) is 118 cm³/mol. The highest BCUT2D eigenvalue weighted by Crippen LogP contribution is 2.29. The van der Waals surface area contributed by atoms with Gasteiger partial charge in [-0.3, -0.25) is 4.79 Å². The molecule has 0 fully saturated rings. The summed E-state index contributed by atoms with van der Waals surface area (Å²) < 4.78 is 35.9. The van der Waals surface area contributed by atoms with Gasteiger partial charge >= 0.3 is 6.18 Å². The Kier molecular flexibility index (Phi) is 13.8. The maximum atomic E-state index is 12.0. The molecule has 0 aliphatic carbocycles. The van der Waals surface area contributed by atoms with Crippen LogP contribution in [0.15, 0.2) is 42.5 Å². The molecular formula is C24H32F3NO3. The molecule has 0 bridgehead atoms. The molecule has 2 aromatic rings. The number of halogens is 3. The van der Waals surface area contributed by atoms with Crippen molar-refractivity contribution in [3.63, 3.8) is 0 Å². The minimum atomic E-state index is -4.22. The van der Waals surface area contributed by atoms with Crippen molar-refractivity contribution >= 4 is 19.5 Å². The number of nitrogens with one attached hydrogen (secondary N) is 1. The molecule has 2 aromatic carbocycles. The molecule has 0 saturated heterocycles. The van der Waals surface area contributed by atoms with E-state index in [1.54, 1.807) is 13.0 Å². The van der Waals surface area contributed by atoms with Crippen molar-refractivity contribution in [2.24, 2.45) is 5.41 Å². The minimum absolute atomic E-state index is 0.0208. The predicted octanol–water partition coefficient (Wildman–Crippen LogP) is 5.72. The lowest BCUT2D eigenvalue weighted by Gasteiger charge is -2.19. The van der Waals surface area contributed by atoms with Crippen LogP contribution in [0.3, 0.4) is 0 Å². The Morgan fingerprint density at radius 3 is 1.77 bits per heavy atom. The largest absolute Gasteiger partial charge is 0.416 e. The summed E-state index contributed by atoms with van der Waals surface area (Å²) in [4.78, 5) is 27.9. The summed E-state index contributed by atoms with van der Waals surface area (Å²) in [5.74, 6) is 0.0208. The van der Waals surface area contributed by atoms with Crippen LogP contribution >= 0.6 is 0 Å². The van der Waals surface area contributed by atoms with Crippen LogP contribution in [0.1, 0.15) is 53.4 Å². The standard InChI is InChI=1S/C14H21NO.C8H7F3.2CH2O/c1-10-6-7-12(11(2)8-10)13(16)15-9-14(3,4)5;1-6-3-2-4-7(5-6)8(9,10)11;2*1-2/h6-8H,9H2,1-5H3,(H,15,16);2-5H,1H3;2*1H2. The first-order chi connectivity index (χ1) is 14.3. The minimum Gasteiger partial charge on any atom is -0.352 e. The fraction of sp³-hybridized carbons (Fsp3) is 0.375. The Morgan fingerprint density at radius 2 is 1.39 bits per heavy atom. The Balaban J connectivity index is 0. The van der Waals surface area contributed by atoms with Crippen molar-refractivity contribution in [2.45, 2.75) is 47.7 Å². The Morgan fingerprint density at radius 1 is 0.871 bits per heavy atom. The molecule has 7 heteroatoms. The molecule has 0 spiro atoms. The summed E-state index contributed by atoms with van der Waals surface area (Å²) in [6.07, 6.45) is -4.22. The number of carbonyl (C=O) groups excluding carboxylic acids is 3. The zero-order chi connectivity index (χ0) is 24.8. The van der Waals surface area contributed by atoms with Gasteiger partial charge in [0.05, 0.1) is 5.56 Å². The summed E-state index contributed by atoms with van der Waals surface area (Å²) in [5.41, 5.74) is 3.15. The van der Waals surface area contributed by atoms with Gasteiger partial charge in [-0.15, -0.1) is 0 Å². The smallest absolute Gasteiger partial charge is 0.352 e. The third-order valence-electron chi connectivity index (χ3n) is 3.75. The normalized spacial score (nSPS) is 10.2. The van der Waals surface area contributed by atoms with E-state index in [2.05, 4.69) is 26.1 Å². The second-order valence-electron chi connectivity index (χ2n) is 7.93. The van der Waals surface area contributed by atoms with Gasteiger partial charge in [0.1, 0.15) is 13.6 Å². The zero-order valence-electron chi connectivity index (χ0n) is 19.0. The summed E-state index contributed by atoms with van der Waals surface area (Å²) in [6.45, 7) is 16.6. The van der Waals surface area contributed by atoms with Crippen LogP contribution in [0, 0.1) is 26.2 Å². The van der Waals surface area contributed by atoms with E-state index in [1.807, 2.05) is 45.6 Å². The molecule has 31 heavy (non-hydrogen) atoms. The first kappa shape index (κ1) is 30.2. The van der Waals surface area contributed by atoms with Gasteiger partial charge in [0, 0.05) is 12.1 Å². The fourth-order valence-corrected chi connectivity index (χ4v) is 2.33. The highest BCUT2D eigenvalue weighted by Gasteiger charge is 2.29. The number of rotatable bonds is 2. The lowest BCUT2D eigenvalue weighted by molar-refractivity contribution is -0.137. The number of hydrogen-bond acceptors (Lipinski definition) is 3. The van der Waals surface area contributed by atoms with Gasteiger partial charge in [-0.25, -0.2) is 0 Å². The van der Waals surface area contributed by atoms with Gasteiger partial charge in [0.25, 0.3) is 5.91 Å². The third kappa shape index (κ3) is 13.1. The second kappa shape index (κ2) is 14.1. The van der Waals surface area contributed by atoms with E-state index in [1.165, 1.54) is 11.6 Å². The van der Waals surface area contributed by atoms with Crippen LogP contribution in [0.4, 0.5) is 13.2 Å². The lowest BCUT2D eigenvalue weighted by Crippen LogP contribution is -2.32.